The van der Waals surface area contributed by atoms with E-state index in [0.29, 0.717) is 40.2 Å². The summed E-state index contributed by atoms with van der Waals surface area (Å²) >= 11 is 6.29. The zero-order chi connectivity index (χ0) is 22.8. The molecule has 0 N–H and O–H groups in total. The average molecular weight is 445 g/mol. The molecule has 4 aromatic rings. The summed E-state index contributed by atoms with van der Waals surface area (Å²) in [5.41, 5.74) is 3.42. The normalized spacial score (nSPS) is 11.8. The molecular weight excluding hydrogens is 424 g/mol. The number of rotatable bonds is 6. The van der Waals surface area contributed by atoms with Crippen LogP contribution in [0.25, 0.3) is 11.4 Å². The molecule has 160 valence electrons. The molecule has 0 radical (unpaired) electrons. The van der Waals surface area contributed by atoms with Crippen molar-refractivity contribution in [1.29, 1.82) is 5.26 Å². The van der Waals surface area contributed by atoms with Crippen LogP contribution in [0.3, 0.4) is 0 Å². The number of halogens is 1. The van der Waals surface area contributed by atoms with Crippen LogP contribution in [0.1, 0.15) is 39.1 Å². The Kier molecular flexibility index (Phi) is 5.89. The maximum absolute atomic E-state index is 13.5. The number of hydrogen-bond donors (Lipinski definition) is 0. The molecule has 0 saturated heterocycles. The van der Waals surface area contributed by atoms with Crippen LogP contribution in [-0.4, -0.2) is 30.3 Å². The van der Waals surface area contributed by atoms with Gasteiger partial charge in [0.05, 0.1) is 23.9 Å². The quantitative estimate of drug-likeness (QED) is 0.409. The molecule has 0 amide bonds. The van der Waals surface area contributed by atoms with Crippen molar-refractivity contribution >= 4 is 17.4 Å². The number of benzene rings is 2. The van der Waals surface area contributed by atoms with E-state index in [4.69, 9.17) is 11.6 Å². The highest BCUT2D eigenvalue weighted by Crippen LogP contribution is 2.27. The number of carbonyl (C=O) groups is 1. The third-order valence-electron chi connectivity index (χ3n) is 5.50. The summed E-state index contributed by atoms with van der Waals surface area (Å²) in [4.78, 5) is 13.5. The van der Waals surface area contributed by atoms with Crippen molar-refractivity contribution in [2.75, 3.05) is 0 Å². The molecule has 2 aromatic heterocycles. The van der Waals surface area contributed by atoms with Gasteiger partial charge in [0, 0.05) is 23.3 Å². The highest BCUT2D eigenvalue weighted by atomic mass is 35.5. The summed E-state index contributed by atoms with van der Waals surface area (Å²) in [5, 5.41) is 23.5. The standard InChI is InChI=1S/C24H21ClN6O/c1-15-21(16(2)31(29-15)14-18-11-7-8-12-20(18)25)22(32)19(13-26)24-28-27-23(30(24)3)17-9-5-4-6-10-17/h4-12,19H,14H2,1-3H3/t19-/m0/s1. The van der Waals surface area contributed by atoms with Crippen LogP contribution in [0.4, 0.5) is 0 Å². The lowest BCUT2D eigenvalue weighted by Crippen LogP contribution is -2.17. The molecule has 0 fully saturated rings. The van der Waals surface area contributed by atoms with E-state index in [1.165, 1.54) is 0 Å². The van der Waals surface area contributed by atoms with Gasteiger partial charge in [0.1, 0.15) is 0 Å². The molecule has 0 aliphatic heterocycles. The van der Waals surface area contributed by atoms with Gasteiger partial charge in [-0.1, -0.05) is 60.1 Å². The van der Waals surface area contributed by atoms with Gasteiger partial charge in [-0.25, -0.2) is 0 Å². The number of carbonyl (C=O) groups excluding carboxylic acids is 1. The van der Waals surface area contributed by atoms with Crippen molar-refractivity contribution in [2.45, 2.75) is 26.3 Å². The SMILES string of the molecule is Cc1nn(Cc2ccccc2Cl)c(C)c1C(=O)[C@H](C#N)c1nnc(-c2ccccc2)n1C. The van der Waals surface area contributed by atoms with E-state index in [9.17, 15) is 10.1 Å². The fourth-order valence-electron chi connectivity index (χ4n) is 3.80. The Balaban J connectivity index is 1.68. The summed E-state index contributed by atoms with van der Waals surface area (Å²) in [6, 6.07) is 19.1. The summed E-state index contributed by atoms with van der Waals surface area (Å²) in [6.07, 6.45) is 0. The fourth-order valence-corrected chi connectivity index (χ4v) is 4.00. The lowest BCUT2D eigenvalue weighted by atomic mass is 9.96. The van der Waals surface area contributed by atoms with E-state index >= 15 is 0 Å². The predicted molar refractivity (Wildman–Crippen MR) is 121 cm³/mol. The van der Waals surface area contributed by atoms with E-state index < -0.39 is 5.92 Å². The third-order valence-corrected chi connectivity index (χ3v) is 5.86. The highest BCUT2D eigenvalue weighted by Gasteiger charge is 2.31. The van der Waals surface area contributed by atoms with Crippen molar-refractivity contribution in [1.82, 2.24) is 24.5 Å². The van der Waals surface area contributed by atoms with Crippen LogP contribution in [-0.2, 0) is 13.6 Å². The van der Waals surface area contributed by atoms with Crippen LogP contribution >= 0.6 is 11.6 Å². The maximum atomic E-state index is 13.5. The van der Waals surface area contributed by atoms with Crippen LogP contribution in [0.2, 0.25) is 5.02 Å². The number of Topliss-reactive ketones (excluding diaryl/α,β-unsaturated/α-hetero) is 1. The Bertz CT molecular complexity index is 1330. The molecule has 4 rings (SSSR count). The second-order valence-corrected chi connectivity index (χ2v) is 7.94. The zero-order valence-corrected chi connectivity index (χ0v) is 18.7. The maximum Gasteiger partial charge on any atom is 0.191 e. The Morgan fingerprint density at radius 2 is 1.78 bits per heavy atom. The molecule has 0 aliphatic rings. The number of aryl methyl sites for hydroxylation is 1. The topological polar surface area (TPSA) is 89.4 Å². The summed E-state index contributed by atoms with van der Waals surface area (Å²) in [7, 11) is 1.76. The van der Waals surface area contributed by atoms with Crippen LogP contribution < -0.4 is 0 Å². The molecule has 0 aliphatic carbocycles. The zero-order valence-electron chi connectivity index (χ0n) is 18.0. The van der Waals surface area contributed by atoms with Gasteiger partial charge in [-0.3, -0.25) is 9.48 Å². The summed E-state index contributed by atoms with van der Waals surface area (Å²) in [6.45, 7) is 4.02. The van der Waals surface area contributed by atoms with Gasteiger partial charge in [-0.2, -0.15) is 10.4 Å². The van der Waals surface area contributed by atoms with E-state index in [-0.39, 0.29) is 5.78 Å². The first-order valence-corrected chi connectivity index (χ1v) is 10.5. The molecule has 7 nitrogen and oxygen atoms in total. The van der Waals surface area contributed by atoms with Crippen molar-refractivity contribution in [3.8, 4) is 17.5 Å². The molecule has 0 unspecified atom stereocenters. The van der Waals surface area contributed by atoms with Crippen LogP contribution in [0.5, 0.6) is 0 Å². The van der Waals surface area contributed by atoms with E-state index in [2.05, 4.69) is 21.4 Å². The molecule has 2 aromatic carbocycles. The van der Waals surface area contributed by atoms with Crippen molar-refractivity contribution in [3.63, 3.8) is 0 Å². The second kappa shape index (κ2) is 8.77. The molecule has 0 saturated carbocycles. The van der Waals surface area contributed by atoms with Gasteiger partial charge in [0.15, 0.2) is 23.3 Å². The monoisotopic (exact) mass is 444 g/mol. The number of nitrogens with zero attached hydrogens (tertiary/aromatic N) is 6. The summed E-state index contributed by atoms with van der Waals surface area (Å²) in [5.74, 6) is -0.547. The second-order valence-electron chi connectivity index (χ2n) is 7.53. The Morgan fingerprint density at radius 3 is 2.47 bits per heavy atom. The molecule has 0 bridgehead atoms. The first kappa shape index (κ1) is 21.5. The predicted octanol–water partition coefficient (Wildman–Crippen LogP) is 4.49. The van der Waals surface area contributed by atoms with Crippen LogP contribution in [0, 0.1) is 25.2 Å². The van der Waals surface area contributed by atoms with Crippen LogP contribution in [0.15, 0.2) is 54.6 Å². The Morgan fingerprint density at radius 1 is 1.09 bits per heavy atom. The Labute approximate surface area is 190 Å². The minimum absolute atomic E-state index is 0.300. The van der Waals surface area contributed by atoms with Gasteiger partial charge in [-0.15, -0.1) is 10.2 Å². The smallest absolute Gasteiger partial charge is 0.191 e. The van der Waals surface area contributed by atoms with Crippen molar-refractivity contribution in [2.24, 2.45) is 7.05 Å². The number of ketones is 1. The lowest BCUT2D eigenvalue weighted by molar-refractivity contribution is 0.0973. The van der Waals surface area contributed by atoms with Gasteiger partial charge < -0.3 is 4.57 Å². The van der Waals surface area contributed by atoms with Crippen molar-refractivity contribution < 1.29 is 4.79 Å². The van der Waals surface area contributed by atoms with E-state index in [1.54, 1.807) is 23.2 Å². The lowest BCUT2D eigenvalue weighted by Gasteiger charge is -2.10. The largest absolute Gasteiger partial charge is 0.313 e. The van der Waals surface area contributed by atoms with Gasteiger partial charge in [0.2, 0.25) is 0 Å². The van der Waals surface area contributed by atoms with Gasteiger partial charge in [-0.05, 0) is 25.5 Å². The van der Waals surface area contributed by atoms with E-state index in [0.717, 1.165) is 11.1 Å². The first-order valence-electron chi connectivity index (χ1n) is 10.1. The molecule has 2 heterocycles. The minimum Gasteiger partial charge on any atom is -0.313 e. The summed E-state index contributed by atoms with van der Waals surface area (Å²) < 4.78 is 3.43. The van der Waals surface area contributed by atoms with Gasteiger partial charge in [0.25, 0.3) is 0 Å². The average Bonchev–Trinajstić information content (AvgIpc) is 3.30. The number of aromatic nitrogens is 5. The molecule has 1 atom stereocenters. The third kappa shape index (κ3) is 3.81. The molecular formula is C24H21ClN6O. The van der Waals surface area contributed by atoms with Gasteiger partial charge >= 0.3 is 0 Å². The minimum atomic E-state index is -1.10. The Hall–Kier alpha value is -3.76. The fraction of sp³-hybridized carbons (Fsp3) is 0.208. The first-order chi connectivity index (χ1) is 15.4. The molecule has 8 heteroatoms. The number of nitriles is 1. The van der Waals surface area contributed by atoms with Crippen molar-refractivity contribution in [3.05, 3.63) is 88.0 Å². The number of hydrogen-bond acceptors (Lipinski definition) is 5. The highest BCUT2D eigenvalue weighted by molar-refractivity contribution is 6.31. The van der Waals surface area contributed by atoms with E-state index in [1.807, 2.05) is 61.5 Å². The molecule has 32 heavy (non-hydrogen) atoms. The molecule has 0 spiro atoms.